The summed E-state index contributed by atoms with van der Waals surface area (Å²) < 4.78 is 16.5. The Morgan fingerprint density at radius 3 is 2.66 bits per heavy atom. The predicted molar refractivity (Wildman–Crippen MR) is 112 cm³/mol. The van der Waals surface area contributed by atoms with E-state index in [9.17, 15) is 4.79 Å². The molecule has 0 aliphatic heterocycles. The van der Waals surface area contributed by atoms with E-state index in [1.165, 1.54) is 0 Å². The highest BCUT2D eigenvalue weighted by Crippen LogP contribution is 2.28. The average Bonchev–Trinajstić information content (AvgIpc) is 3.22. The van der Waals surface area contributed by atoms with Gasteiger partial charge in [-0.1, -0.05) is 47.5 Å². The number of halogens is 2. The Bertz CT molecular complexity index is 944. The van der Waals surface area contributed by atoms with Crippen LogP contribution in [-0.4, -0.2) is 12.0 Å². The molecule has 29 heavy (non-hydrogen) atoms. The average molecular weight is 434 g/mol. The van der Waals surface area contributed by atoms with Crippen molar-refractivity contribution in [1.29, 1.82) is 0 Å². The van der Waals surface area contributed by atoms with Crippen LogP contribution in [0.4, 0.5) is 0 Å². The Kier molecular flexibility index (Phi) is 7.58. The van der Waals surface area contributed by atoms with Gasteiger partial charge in [-0.15, -0.1) is 0 Å². The monoisotopic (exact) mass is 433 g/mol. The molecule has 0 spiro atoms. The van der Waals surface area contributed by atoms with Crippen LogP contribution in [0.3, 0.4) is 0 Å². The molecular formula is C22H21Cl2NO4. The van der Waals surface area contributed by atoms with Gasteiger partial charge in [0.1, 0.15) is 18.1 Å². The van der Waals surface area contributed by atoms with E-state index in [-0.39, 0.29) is 5.91 Å². The maximum Gasteiger partial charge on any atom is 0.261 e. The molecule has 3 rings (SSSR count). The summed E-state index contributed by atoms with van der Waals surface area (Å²) >= 11 is 12.0. The molecule has 0 radical (unpaired) electrons. The highest BCUT2D eigenvalue weighted by molar-refractivity contribution is 6.35. The van der Waals surface area contributed by atoms with Crippen LogP contribution in [0.1, 0.15) is 23.8 Å². The number of amides is 1. The summed E-state index contributed by atoms with van der Waals surface area (Å²) in [6, 6.07) is 16.4. The molecule has 0 aliphatic rings. The largest absolute Gasteiger partial charge is 0.479 e. The third-order valence-corrected chi connectivity index (χ3v) is 4.65. The summed E-state index contributed by atoms with van der Waals surface area (Å²) in [4.78, 5) is 12.3. The molecule has 0 bridgehead atoms. The minimum atomic E-state index is -0.700. The van der Waals surface area contributed by atoms with Crippen molar-refractivity contribution >= 4 is 29.1 Å². The van der Waals surface area contributed by atoms with Crippen molar-refractivity contribution in [1.82, 2.24) is 5.32 Å². The Hall–Kier alpha value is -2.47. The van der Waals surface area contributed by atoms with Crippen LogP contribution in [0.15, 0.2) is 65.3 Å². The molecular weight excluding hydrogens is 413 g/mol. The van der Waals surface area contributed by atoms with E-state index in [0.717, 1.165) is 16.9 Å². The van der Waals surface area contributed by atoms with E-state index in [2.05, 4.69) is 5.32 Å². The molecule has 1 amide bonds. The number of hydrogen-bond donors (Lipinski definition) is 1. The third kappa shape index (κ3) is 6.53. The molecule has 1 aromatic heterocycles. The van der Waals surface area contributed by atoms with Crippen LogP contribution in [-0.2, 0) is 29.3 Å². The zero-order valence-corrected chi connectivity index (χ0v) is 17.4. The summed E-state index contributed by atoms with van der Waals surface area (Å²) in [5, 5.41) is 3.73. The van der Waals surface area contributed by atoms with Crippen molar-refractivity contribution in [3.8, 4) is 5.75 Å². The zero-order chi connectivity index (χ0) is 20.6. The van der Waals surface area contributed by atoms with Gasteiger partial charge in [0.25, 0.3) is 5.91 Å². The van der Waals surface area contributed by atoms with Gasteiger partial charge in [-0.05, 0) is 48.4 Å². The Balaban J connectivity index is 1.47. The van der Waals surface area contributed by atoms with Gasteiger partial charge in [0.15, 0.2) is 6.10 Å². The van der Waals surface area contributed by atoms with Crippen LogP contribution < -0.4 is 10.1 Å². The maximum absolute atomic E-state index is 12.3. The second-order valence-electron chi connectivity index (χ2n) is 6.44. The molecule has 2 aromatic carbocycles. The fraction of sp³-hybridized carbons (Fsp3) is 0.227. The number of benzene rings is 2. The van der Waals surface area contributed by atoms with Gasteiger partial charge < -0.3 is 19.2 Å². The third-order valence-electron chi connectivity index (χ3n) is 4.12. The van der Waals surface area contributed by atoms with Gasteiger partial charge in [0.2, 0.25) is 0 Å². The molecule has 0 saturated carbocycles. The summed E-state index contributed by atoms with van der Waals surface area (Å²) in [6.45, 7) is 2.92. The van der Waals surface area contributed by atoms with Crippen molar-refractivity contribution < 1.29 is 18.7 Å². The van der Waals surface area contributed by atoms with Crippen molar-refractivity contribution in [2.24, 2.45) is 0 Å². The minimum Gasteiger partial charge on any atom is -0.479 e. The SMILES string of the molecule is CC(Oc1ccc(Cl)cc1Cl)C(=O)NCc1cccc(COCc2ccco2)c1. The summed E-state index contributed by atoms with van der Waals surface area (Å²) in [6.07, 6.45) is 0.918. The van der Waals surface area contributed by atoms with E-state index in [1.807, 2.05) is 36.4 Å². The van der Waals surface area contributed by atoms with Crippen LogP contribution >= 0.6 is 23.2 Å². The highest BCUT2D eigenvalue weighted by atomic mass is 35.5. The first-order valence-electron chi connectivity index (χ1n) is 9.08. The maximum atomic E-state index is 12.3. The van der Waals surface area contributed by atoms with E-state index in [0.29, 0.717) is 35.6 Å². The lowest BCUT2D eigenvalue weighted by molar-refractivity contribution is -0.127. The van der Waals surface area contributed by atoms with E-state index >= 15 is 0 Å². The molecule has 0 aliphatic carbocycles. The number of carbonyl (C=O) groups excluding carboxylic acids is 1. The molecule has 1 atom stereocenters. The Morgan fingerprint density at radius 2 is 1.90 bits per heavy atom. The fourth-order valence-corrected chi connectivity index (χ4v) is 3.09. The quantitative estimate of drug-likeness (QED) is 0.491. The second kappa shape index (κ2) is 10.3. The lowest BCUT2D eigenvalue weighted by Crippen LogP contribution is -2.36. The zero-order valence-electron chi connectivity index (χ0n) is 15.9. The number of furan rings is 1. The smallest absolute Gasteiger partial charge is 0.261 e. The van der Waals surface area contributed by atoms with Crippen molar-refractivity contribution in [2.75, 3.05) is 0 Å². The molecule has 1 unspecified atom stereocenters. The normalized spacial score (nSPS) is 11.8. The standard InChI is InChI=1S/C22H21Cl2NO4/c1-15(29-21-8-7-18(23)11-20(21)24)22(26)25-12-16-4-2-5-17(10-16)13-27-14-19-6-3-9-28-19/h2-11,15H,12-14H2,1H3,(H,25,26). The van der Waals surface area contributed by atoms with Gasteiger partial charge in [0, 0.05) is 11.6 Å². The first-order chi connectivity index (χ1) is 14.0. The van der Waals surface area contributed by atoms with Gasteiger partial charge in [0.05, 0.1) is 17.9 Å². The Morgan fingerprint density at radius 1 is 1.07 bits per heavy atom. The number of carbonyl (C=O) groups is 1. The molecule has 0 saturated heterocycles. The van der Waals surface area contributed by atoms with Crippen molar-refractivity contribution in [3.05, 3.63) is 87.8 Å². The molecule has 5 nitrogen and oxygen atoms in total. The van der Waals surface area contributed by atoms with Crippen LogP contribution in [0.2, 0.25) is 10.0 Å². The lowest BCUT2D eigenvalue weighted by Gasteiger charge is -2.16. The van der Waals surface area contributed by atoms with E-state index < -0.39 is 6.10 Å². The first kappa shape index (κ1) is 21.2. The van der Waals surface area contributed by atoms with Crippen LogP contribution in [0.25, 0.3) is 0 Å². The van der Waals surface area contributed by atoms with Crippen LogP contribution in [0, 0.1) is 0 Å². The fourth-order valence-electron chi connectivity index (χ4n) is 2.64. The topological polar surface area (TPSA) is 60.7 Å². The summed E-state index contributed by atoms with van der Waals surface area (Å²) in [5.41, 5.74) is 1.98. The minimum absolute atomic E-state index is 0.240. The second-order valence-corrected chi connectivity index (χ2v) is 7.29. The van der Waals surface area contributed by atoms with Gasteiger partial charge in [-0.3, -0.25) is 4.79 Å². The highest BCUT2D eigenvalue weighted by Gasteiger charge is 2.16. The Labute approximate surface area is 179 Å². The molecule has 0 fully saturated rings. The molecule has 152 valence electrons. The van der Waals surface area contributed by atoms with Gasteiger partial charge in [-0.2, -0.15) is 0 Å². The summed E-state index contributed by atoms with van der Waals surface area (Å²) in [5.74, 6) is 0.952. The number of ether oxygens (including phenoxy) is 2. The van der Waals surface area contributed by atoms with Crippen molar-refractivity contribution in [2.45, 2.75) is 32.8 Å². The van der Waals surface area contributed by atoms with Gasteiger partial charge in [-0.25, -0.2) is 0 Å². The van der Waals surface area contributed by atoms with Crippen LogP contribution in [0.5, 0.6) is 5.75 Å². The molecule has 1 heterocycles. The van der Waals surface area contributed by atoms with Crippen molar-refractivity contribution in [3.63, 3.8) is 0 Å². The lowest BCUT2D eigenvalue weighted by atomic mass is 10.1. The predicted octanol–water partition coefficient (Wildman–Crippen LogP) is 5.39. The number of rotatable bonds is 9. The van der Waals surface area contributed by atoms with Gasteiger partial charge >= 0.3 is 0 Å². The number of nitrogens with one attached hydrogen (secondary N) is 1. The van der Waals surface area contributed by atoms with E-state index in [4.69, 9.17) is 37.1 Å². The molecule has 7 heteroatoms. The first-order valence-corrected chi connectivity index (χ1v) is 9.84. The molecule has 1 N–H and O–H groups in total. The van der Waals surface area contributed by atoms with E-state index in [1.54, 1.807) is 31.4 Å². The summed E-state index contributed by atoms with van der Waals surface area (Å²) in [7, 11) is 0. The number of hydrogen-bond acceptors (Lipinski definition) is 4. The molecule has 3 aromatic rings.